The van der Waals surface area contributed by atoms with Crippen LogP contribution in [0.2, 0.25) is 5.02 Å². The van der Waals surface area contributed by atoms with Crippen molar-refractivity contribution in [3.63, 3.8) is 0 Å². The first-order chi connectivity index (χ1) is 17.1. The average molecular weight is 564 g/mol. The molecule has 1 aliphatic heterocycles. The Hall–Kier alpha value is -3.04. The van der Waals surface area contributed by atoms with E-state index < -0.39 is 24.3 Å². The number of carboxylic acids is 2. The highest BCUT2D eigenvalue weighted by Gasteiger charge is 2.38. The molecule has 1 atom stereocenters. The van der Waals surface area contributed by atoms with Gasteiger partial charge in [-0.05, 0) is 24.3 Å². The molecule has 0 amide bonds. The molecule has 0 saturated heterocycles. The SMILES string of the molecule is COCC1CN(CCOc2ccc(Cl)cc2)Cc2c1cnn2C.O=C(O)C(F)(F)F.O=C(O)C(F)(F)F. The number of benzene rings is 1. The Morgan fingerprint density at radius 2 is 1.59 bits per heavy atom. The predicted molar refractivity (Wildman–Crippen MR) is 117 cm³/mol. The lowest BCUT2D eigenvalue weighted by molar-refractivity contribution is -0.193. The Kier molecular flexibility index (Phi) is 12.1. The lowest BCUT2D eigenvalue weighted by atomic mass is 9.95. The van der Waals surface area contributed by atoms with Gasteiger partial charge in [0.2, 0.25) is 0 Å². The molecule has 2 aromatic rings. The first kappa shape index (κ1) is 32.0. The molecular formula is C21H24ClF6N3O6. The fourth-order valence-corrected chi connectivity index (χ4v) is 3.16. The molecule has 1 aromatic heterocycles. The number of methoxy groups -OCH3 is 1. The first-order valence-electron chi connectivity index (χ1n) is 10.3. The minimum atomic E-state index is -5.08. The molecule has 0 radical (unpaired) electrons. The molecule has 2 N–H and O–H groups in total. The summed E-state index contributed by atoms with van der Waals surface area (Å²) in [6.07, 6.45) is -8.19. The lowest BCUT2D eigenvalue weighted by Crippen LogP contribution is -2.38. The molecule has 37 heavy (non-hydrogen) atoms. The maximum absolute atomic E-state index is 10.6. The number of hydrogen-bond donors (Lipinski definition) is 2. The number of ether oxygens (including phenoxy) is 2. The van der Waals surface area contributed by atoms with E-state index in [4.69, 9.17) is 40.9 Å². The number of fused-ring (bicyclic) bond motifs is 1. The molecule has 208 valence electrons. The van der Waals surface area contributed by atoms with E-state index in [0.29, 0.717) is 19.1 Å². The Labute approximate surface area is 212 Å². The van der Waals surface area contributed by atoms with Gasteiger partial charge in [-0.3, -0.25) is 9.58 Å². The number of aromatic nitrogens is 2. The normalized spacial score (nSPS) is 15.4. The van der Waals surface area contributed by atoms with E-state index in [0.717, 1.165) is 30.4 Å². The van der Waals surface area contributed by atoms with Crippen LogP contribution in [0.4, 0.5) is 26.3 Å². The van der Waals surface area contributed by atoms with Gasteiger partial charge in [0.1, 0.15) is 12.4 Å². The van der Waals surface area contributed by atoms with Crippen LogP contribution in [0.1, 0.15) is 17.2 Å². The third kappa shape index (κ3) is 11.3. The molecule has 1 aromatic carbocycles. The number of carbonyl (C=O) groups is 2. The van der Waals surface area contributed by atoms with E-state index in [9.17, 15) is 26.3 Å². The van der Waals surface area contributed by atoms with Crippen molar-refractivity contribution < 1.29 is 55.6 Å². The average Bonchev–Trinajstić information content (AvgIpc) is 3.16. The highest BCUT2D eigenvalue weighted by Crippen LogP contribution is 2.28. The zero-order valence-electron chi connectivity index (χ0n) is 19.5. The van der Waals surface area contributed by atoms with Crippen molar-refractivity contribution in [2.75, 3.05) is 33.4 Å². The number of aliphatic carboxylic acids is 2. The lowest BCUT2D eigenvalue weighted by Gasteiger charge is -2.32. The minimum Gasteiger partial charge on any atom is -0.492 e. The van der Waals surface area contributed by atoms with Crippen LogP contribution in [0.15, 0.2) is 30.5 Å². The molecule has 0 bridgehead atoms. The van der Waals surface area contributed by atoms with Gasteiger partial charge in [-0.1, -0.05) is 11.6 Å². The van der Waals surface area contributed by atoms with Crippen LogP contribution in [0, 0.1) is 0 Å². The van der Waals surface area contributed by atoms with Crippen LogP contribution in [0.25, 0.3) is 0 Å². The number of aryl methyl sites for hydroxylation is 1. The van der Waals surface area contributed by atoms with Crippen molar-refractivity contribution in [2.24, 2.45) is 7.05 Å². The van der Waals surface area contributed by atoms with Crippen LogP contribution >= 0.6 is 11.6 Å². The molecule has 2 heterocycles. The first-order valence-corrected chi connectivity index (χ1v) is 10.6. The summed E-state index contributed by atoms with van der Waals surface area (Å²) >= 11 is 5.88. The van der Waals surface area contributed by atoms with Crippen molar-refractivity contribution >= 4 is 23.5 Å². The van der Waals surface area contributed by atoms with E-state index >= 15 is 0 Å². The zero-order chi connectivity index (χ0) is 28.4. The molecular weight excluding hydrogens is 540 g/mol. The molecule has 9 nitrogen and oxygen atoms in total. The zero-order valence-corrected chi connectivity index (χ0v) is 20.3. The van der Waals surface area contributed by atoms with E-state index in [1.54, 1.807) is 7.11 Å². The van der Waals surface area contributed by atoms with Crippen molar-refractivity contribution in [2.45, 2.75) is 24.8 Å². The topological polar surface area (TPSA) is 114 Å². The van der Waals surface area contributed by atoms with Gasteiger partial charge in [0, 0.05) is 50.3 Å². The Bertz CT molecular complexity index is 990. The third-order valence-electron chi connectivity index (χ3n) is 4.73. The summed E-state index contributed by atoms with van der Waals surface area (Å²) in [7, 11) is 3.75. The van der Waals surface area contributed by atoms with Crippen LogP contribution < -0.4 is 4.74 Å². The monoisotopic (exact) mass is 563 g/mol. The van der Waals surface area contributed by atoms with Crippen molar-refractivity contribution in [1.82, 2.24) is 14.7 Å². The summed E-state index contributed by atoms with van der Waals surface area (Å²) in [6, 6.07) is 7.47. The summed E-state index contributed by atoms with van der Waals surface area (Å²) in [5.41, 5.74) is 2.58. The summed E-state index contributed by atoms with van der Waals surface area (Å²) < 4.78 is 76.6. The highest BCUT2D eigenvalue weighted by atomic mass is 35.5. The van der Waals surface area contributed by atoms with Crippen LogP contribution in [-0.2, 0) is 27.9 Å². The summed E-state index contributed by atoms with van der Waals surface area (Å²) in [5, 5.41) is 19.4. The Morgan fingerprint density at radius 1 is 1.08 bits per heavy atom. The van der Waals surface area contributed by atoms with Gasteiger partial charge in [-0.2, -0.15) is 31.4 Å². The smallest absolute Gasteiger partial charge is 0.490 e. The second-order valence-corrected chi connectivity index (χ2v) is 7.90. The van der Waals surface area contributed by atoms with Crippen LogP contribution in [0.5, 0.6) is 5.75 Å². The van der Waals surface area contributed by atoms with Gasteiger partial charge in [-0.15, -0.1) is 0 Å². The molecule has 0 saturated carbocycles. The number of hydrogen-bond acceptors (Lipinski definition) is 6. The van der Waals surface area contributed by atoms with Gasteiger partial charge in [-0.25, -0.2) is 9.59 Å². The van der Waals surface area contributed by atoms with E-state index in [-0.39, 0.29) is 0 Å². The summed E-state index contributed by atoms with van der Waals surface area (Å²) in [4.78, 5) is 20.2. The number of rotatable bonds is 6. The van der Waals surface area contributed by atoms with Crippen LogP contribution in [-0.4, -0.2) is 82.6 Å². The third-order valence-corrected chi connectivity index (χ3v) is 4.98. The second-order valence-electron chi connectivity index (χ2n) is 7.47. The van der Waals surface area contributed by atoms with Gasteiger partial charge >= 0.3 is 24.3 Å². The quantitative estimate of drug-likeness (QED) is 0.508. The maximum Gasteiger partial charge on any atom is 0.490 e. The Morgan fingerprint density at radius 3 is 2.05 bits per heavy atom. The second kappa shape index (κ2) is 14.0. The molecule has 0 aliphatic carbocycles. The van der Waals surface area contributed by atoms with Crippen molar-refractivity contribution in [3.05, 3.63) is 46.7 Å². The number of halogens is 7. The van der Waals surface area contributed by atoms with Crippen LogP contribution in [0.3, 0.4) is 0 Å². The molecule has 0 spiro atoms. The number of nitrogens with zero attached hydrogens (tertiary/aromatic N) is 3. The fourth-order valence-electron chi connectivity index (χ4n) is 3.04. The summed E-state index contributed by atoms with van der Waals surface area (Å²) in [6.45, 7) is 4.10. The largest absolute Gasteiger partial charge is 0.492 e. The highest BCUT2D eigenvalue weighted by molar-refractivity contribution is 6.30. The summed E-state index contributed by atoms with van der Waals surface area (Å²) in [5.74, 6) is -4.30. The standard InChI is InChI=1S/C17H22ClN3O2.2C2HF3O2/c1-20-17-11-21(10-13(12-22-2)16(17)9-19-20)7-8-23-15-5-3-14(18)4-6-15;2*3-2(4,5)1(6)7/h3-6,9,13H,7-8,10-12H2,1-2H3;2*(H,6,7). The maximum atomic E-state index is 10.6. The van der Waals surface area contributed by atoms with E-state index in [1.165, 1.54) is 11.3 Å². The predicted octanol–water partition coefficient (Wildman–Crippen LogP) is 3.96. The molecule has 3 rings (SSSR count). The Balaban J connectivity index is 0.000000404. The minimum absolute atomic E-state index is 0.369. The van der Waals surface area contributed by atoms with Crippen molar-refractivity contribution in [1.29, 1.82) is 0 Å². The molecule has 1 aliphatic rings. The molecule has 1 unspecified atom stereocenters. The van der Waals surface area contributed by atoms with Gasteiger partial charge < -0.3 is 19.7 Å². The van der Waals surface area contributed by atoms with Gasteiger partial charge in [0.05, 0.1) is 18.5 Å². The van der Waals surface area contributed by atoms with E-state index in [2.05, 4.69) is 10.00 Å². The van der Waals surface area contributed by atoms with E-state index in [1.807, 2.05) is 42.2 Å². The van der Waals surface area contributed by atoms with Gasteiger partial charge in [0.15, 0.2) is 0 Å². The van der Waals surface area contributed by atoms with Crippen molar-refractivity contribution in [3.8, 4) is 5.75 Å². The fraction of sp³-hybridized carbons (Fsp3) is 0.476. The van der Waals surface area contributed by atoms with Gasteiger partial charge in [0.25, 0.3) is 0 Å². The number of carboxylic acid groups (broad SMARTS) is 2. The molecule has 0 fully saturated rings. The number of alkyl halides is 6. The molecule has 16 heteroatoms.